The molecule has 1 aromatic rings. The van der Waals surface area contributed by atoms with Gasteiger partial charge in [0.15, 0.2) is 0 Å². The molecule has 0 amide bonds. The van der Waals surface area contributed by atoms with Crippen LogP contribution in [0, 0.1) is 72.0 Å². The molecule has 61 heavy (non-hydrogen) atoms. The van der Waals surface area contributed by atoms with E-state index in [2.05, 4.69) is 65.8 Å². The lowest BCUT2D eigenvalue weighted by atomic mass is 9.68. The second-order valence-electron chi connectivity index (χ2n) is 23.4. The minimum atomic E-state index is 0.841. The topological polar surface area (TPSA) is 0 Å². The monoisotopic (exact) mass is 841 g/mol. The summed E-state index contributed by atoms with van der Waals surface area (Å²) in [6, 6.07) is 9.32. The van der Waals surface area contributed by atoms with E-state index in [-0.39, 0.29) is 0 Å². The van der Waals surface area contributed by atoms with Gasteiger partial charge in [0.05, 0.1) is 0 Å². The maximum absolute atomic E-state index is 2.37. The van der Waals surface area contributed by atoms with Gasteiger partial charge in [-0.2, -0.15) is 0 Å². The second kappa shape index (κ2) is 29.7. The third kappa shape index (κ3) is 18.2. The van der Waals surface area contributed by atoms with Crippen LogP contribution in [0.15, 0.2) is 24.3 Å². The maximum atomic E-state index is 2.37. The molecule has 352 valence electrons. The summed E-state index contributed by atoms with van der Waals surface area (Å²) in [6.07, 6.45) is 55.8. The Hall–Kier alpha value is -0.780. The Morgan fingerprint density at radius 2 is 0.574 bits per heavy atom. The minimum absolute atomic E-state index is 0.841. The molecule has 0 aliphatic heterocycles. The van der Waals surface area contributed by atoms with Gasteiger partial charge in [-0.25, -0.2) is 0 Å². The summed E-state index contributed by atoms with van der Waals surface area (Å²) in [4.78, 5) is 0. The minimum Gasteiger partial charge on any atom is -0.0654 e. The fourth-order valence-electron chi connectivity index (χ4n) is 14.9. The summed E-state index contributed by atoms with van der Waals surface area (Å²) in [5.41, 5.74) is 2.98. The number of hydrogen-bond acceptors (Lipinski definition) is 0. The molecule has 0 unspecified atom stereocenters. The predicted octanol–water partition coefficient (Wildman–Crippen LogP) is 20.4. The molecule has 0 heterocycles. The molecule has 0 aromatic heterocycles. The molecular weight excluding hydrogens is 733 g/mol. The van der Waals surface area contributed by atoms with Crippen molar-refractivity contribution in [2.75, 3.05) is 0 Å². The van der Waals surface area contributed by atoms with Gasteiger partial charge in [0.25, 0.3) is 0 Å². The first-order valence-electron chi connectivity index (χ1n) is 29.0. The maximum Gasteiger partial charge on any atom is -0.0162 e. The van der Waals surface area contributed by atoms with Gasteiger partial charge in [0.2, 0.25) is 0 Å². The molecule has 0 saturated heterocycles. The lowest BCUT2D eigenvalue weighted by Crippen LogP contribution is -2.25. The molecule has 6 fully saturated rings. The molecule has 1 aromatic carbocycles. The highest BCUT2D eigenvalue weighted by Crippen LogP contribution is 2.46. The zero-order valence-corrected chi connectivity index (χ0v) is 42.4. The molecular formula is C61H108. The van der Waals surface area contributed by atoms with Gasteiger partial charge in [0.1, 0.15) is 0 Å². The van der Waals surface area contributed by atoms with Crippen molar-refractivity contribution in [3.05, 3.63) is 35.4 Å². The highest BCUT2D eigenvalue weighted by atomic mass is 14.4. The number of aryl methyl sites for hydroxylation is 1. The average molecular weight is 842 g/mol. The fourth-order valence-corrected chi connectivity index (χ4v) is 14.9. The normalized spacial score (nSPS) is 34.7. The van der Waals surface area contributed by atoms with Crippen LogP contribution in [0.1, 0.15) is 289 Å². The van der Waals surface area contributed by atoms with Gasteiger partial charge < -0.3 is 0 Å². The lowest BCUT2D eigenvalue weighted by Gasteiger charge is -2.38. The molecule has 0 bridgehead atoms. The van der Waals surface area contributed by atoms with Crippen LogP contribution in [0.3, 0.4) is 0 Å². The van der Waals surface area contributed by atoms with E-state index < -0.39 is 0 Å². The van der Waals surface area contributed by atoms with Gasteiger partial charge in [-0.15, -0.1) is 0 Å². The van der Waals surface area contributed by atoms with Crippen LogP contribution >= 0.6 is 0 Å². The van der Waals surface area contributed by atoms with E-state index in [4.69, 9.17) is 0 Å². The summed E-state index contributed by atoms with van der Waals surface area (Å²) in [7, 11) is 0. The zero-order valence-electron chi connectivity index (χ0n) is 42.4. The summed E-state index contributed by atoms with van der Waals surface area (Å²) in [6.45, 7) is 13.9. The number of benzene rings is 1. The third-order valence-electron chi connectivity index (χ3n) is 19.1. The Morgan fingerprint density at radius 3 is 0.869 bits per heavy atom. The van der Waals surface area contributed by atoms with Crippen LogP contribution in [0.25, 0.3) is 0 Å². The van der Waals surface area contributed by atoms with Crippen molar-refractivity contribution in [1.82, 2.24) is 0 Å². The first kappa shape index (κ1) is 51.2. The molecule has 0 heteroatoms. The molecule has 0 spiro atoms. The Morgan fingerprint density at radius 1 is 0.295 bits per heavy atom. The highest BCUT2D eigenvalue weighted by Gasteiger charge is 2.33. The fraction of sp³-hybridized carbons (Fsp3) is 0.902. The summed E-state index contributed by atoms with van der Waals surface area (Å²) in [5, 5.41) is 0. The van der Waals surface area contributed by atoms with Crippen molar-refractivity contribution in [3.63, 3.8) is 0 Å². The van der Waals surface area contributed by atoms with Gasteiger partial charge in [-0.05, 0) is 173 Å². The van der Waals surface area contributed by atoms with Crippen LogP contribution < -0.4 is 0 Å². The van der Waals surface area contributed by atoms with Crippen LogP contribution in [0.5, 0.6) is 0 Å². The number of rotatable bonds is 17. The summed E-state index contributed by atoms with van der Waals surface area (Å²) < 4.78 is 0. The molecule has 0 atom stereocenters. The second-order valence-corrected chi connectivity index (χ2v) is 23.4. The molecule has 6 aliphatic carbocycles. The Bertz CT molecular complexity index is 1160. The largest absolute Gasteiger partial charge is 0.0654 e. The van der Waals surface area contributed by atoms with Crippen molar-refractivity contribution < 1.29 is 0 Å². The lowest BCUT2D eigenvalue weighted by molar-refractivity contribution is 0.140. The molecule has 0 nitrogen and oxygen atoms in total. The van der Waals surface area contributed by atoms with Gasteiger partial charge in [0, 0.05) is 0 Å². The van der Waals surface area contributed by atoms with E-state index in [0.717, 1.165) is 71.0 Å². The van der Waals surface area contributed by atoms with E-state index >= 15 is 0 Å². The van der Waals surface area contributed by atoms with Crippen molar-refractivity contribution in [2.45, 2.75) is 285 Å². The van der Waals surface area contributed by atoms with Crippen molar-refractivity contribution >= 4 is 0 Å². The van der Waals surface area contributed by atoms with Crippen LogP contribution in [-0.2, 0) is 0 Å². The van der Waals surface area contributed by atoms with Crippen molar-refractivity contribution in [1.29, 1.82) is 0 Å². The number of unbranched alkanes of at least 4 members (excludes halogenated alkanes) is 3. The van der Waals surface area contributed by atoms with E-state index in [9.17, 15) is 0 Å². The van der Waals surface area contributed by atoms with Gasteiger partial charge >= 0.3 is 0 Å². The van der Waals surface area contributed by atoms with Crippen LogP contribution in [-0.4, -0.2) is 0 Å². The van der Waals surface area contributed by atoms with Gasteiger partial charge in [-0.1, -0.05) is 212 Å². The Labute approximate surface area is 383 Å². The first-order chi connectivity index (χ1) is 29.9. The summed E-state index contributed by atoms with van der Waals surface area (Å²) in [5.74, 6) is 12.8. The molecule has 7 rings (SSSR count). The highest BCUT2D eigenvalue weighted by molar-refractivity contribution is 5.24. The molecule has 6 aliphatic rings. The van der Waals surface area contributed by atoms with Crippen LogP contribution in [0.2, 0.25) is 0 Å². The number of hydrogen-bond donors (Lipinski definition) is 0. The third-order valence-corrected chi connectivity index (χ3v) is 19.1. The van der Waals surface area contributed by atoms with E-state index in [1.165, 1.54) is 140 Å². The Balaban J connectivity index is 0.000000174. The first-order valence-corrected chi connectivity index (χ1v) is 29.0. The summed E-state index contributed by atoms with van der Waals surface area (Å²) >= 11 is 0. The molecule has 0 N–H and O–H groups in total. The zero-order chi connectivity index (χ0) is 43.1. The SMILES string of the molecule is CCCC1CCC(C2CCC(c3ccc(C)cc3)CC2)CC1.CCCCC1CCC(C2CCC(CCC)CC2)CC1.CCCCCC1CCC(C2CCC(CCC)CC2)CC1. The quantitative estimate of drug-likeness (QED) is 0.137. The van der Waals surface area contributed by atoms with Crippen LogP contribution in [0.4, 0.5) is 0 Å². The predicted molar refractivity (Wildman–Crippen MR) is 272 cm³/mol. The van der Waals surface area contributed by atoms with Crippen molar-refractivity contribution in [3.8, 4) is 0 Å². The average Bonchev–Trinajstić information content (AvgIpc) is 3.31. The smallest absolute Gasteiger partial charge is 0.0162 e. The van der Waals surface area contributed by atoms with Gasteiger partial charge in [-0.3, -0.25) is 0 Å². The molecule has 6 saturated carbocycles. The Kier molecular flexibility index (Phi) is 24.9. The van der Waals surface area contributed by atoms with E-state index in [1.54, 1.807) is 108 Å². The van der Waals surface area contributed by atoms with Crippen molar-refractivity contribution in [2.24, 2.45) is 65.1 Å². The molecule has 0 radical (unpaired) electrons. The van der Waals surface area contributed by atoms with E-state index in [0.29, 0.717) is 0 Å². The standard InChI is InChI=1S/C22H34.C20H38.C19H36/c1-3-4-18-7-11-20(12-8-18)22-15-13-21(14-16-22)19-9-5-17(2)6-10-19;1-3-5-6-8-18-11-15-20(16-12-18)19-13-9-17(7-4-2)10-14-19;1-3-5-7-17-10-14-19(15-11-17)18-12-8-16(6-4-2)9-13-18/h5-6,9-10,18,20-22H,3-4,7-8,11-16H2,1-2H3;17-20H,3-16H2,1-2H3;16-19H,3-15H2,1-2H3. The van der Waals surface area contributed by atoms with E-state index in [1.807, 2.05) is 0 Å².